The van der Waals surface area contributed by atoms with Crippen molar-refractivity contribution >= 4 is 5.96 Å². The van der Waals surface area contributed by atoms with Crippen LogP contribution in [0.15, 0.2) is 59.6 Å². The van der Waals surface area contributed by atoms with E-state index in [0.29, 0.717) is 18.1 Å². The molecule has 0 aliphatic rings. The summed E-state index contributed by atoms with van der Waals surface area (Å²) in [6.07, 6.45) is 0. The molecule has 0 bridgehead atoms. The second-order valence-corrected chi connectivity index (χ2v) is 6.15. The smallest absolute Gasteiger partial charge is 0.193 e. The van der Waals surface area contributed by atoms with Crippen LogP contribution in [0.25, 0.3) is 0 Å². The second-order valence-electron chi connectivity index (χ2n) is 6.15. The first-order valence-electron chi connectivity index (χ1n) is 7.86. The zero-order valence-electron chi connectivity index (χ0n) is 14.3. The maximum absolute atomic E-state index is 13.0. The highest BCUT2D eigenvalue weighted by Crippen LogP contribution is 2.19. The van der Waals surface area contributed by atoms with E-state index in [0.717, 1.165) is 5.56 Å². The Morgan fingerprint density at radius 3 is 2.33 bits per heavy atom. The Morgan fingerprint density at radius 2 is 1.75 bits per heavy atom. The average Bonchev–Trinajstić information content (AvgIpc) is 2.55. The highest BCUT2D eigenvalue weighted by atomic mass is 19.1. The molecule has 128 valence electrons. The molecule has 0 radical (unpaired) electrons. The van der Waals surface area contributed by atoms with Crippen LogP contribution in [0.3, 0.4) is 0 Å². The first kappa shape index (κ1) is 17.9. The van der Waals surface area contributed by atoms with E-state index in [1.54, 1.807) is 19.1 Å². The lowest BCUT2D eigenvalue weighted by Crippen LogP contribution is -2.44. The van der Waals surface area contributed by atoms with Crippen LogP contribution < -0.4 is 5.32 Å². The molecule has 0 amide bonds. The lowest BCUT2D eigenvalue weighted by molar-refractivity contribution is 0.0612. The van der Waals surface area contributed by atoms with Crippen molar-refractivity contribution in [3.8, 4) is 0 Å². The number of aliphatic imine (C=N–C) groups is 1. The van der Waals surface area contributed by atoms with E-state index in [1.165, 1.54) is 12.1 Å². The van der Waals surface area contributed by atoms with E-state index < -0.39 is 5.60 Å². The number of hydrogen-bond acceptors (Lipinski definition) is 2. The van der Waals surface area contributed by atoms with Gasteiger partial charge < -0.3 is 15.3 Å². The van der Waals surface area contributed by atoms with Gasteiger partial charge >= 0.3 is 0 Å². The van der Waals surface area contributed by atoms with Gasteiger partial charge in [-0.2, -0.15) is 0 Å². The number of hydrogen-bond donors (Lipinski definition) is 2. The molecule has 2 rings (SSSR count). The lowest BCUT2D eigenvalue weighted by Gasteiger charge is -2.27. The minimum absolute atomic E-state index is 0.268. The zero-order chi connectivity index (χ0) is 17.6. The fourth-order valence-electron chi connectivity index (χ4n) is 2.27. The van der Waals surface area contributed by atoms with E-state index >= 15 is 0 Å². The van der Waals surface area contributed by atoms with Crippen LogP contribution in [-0.4, -0.2) is 36.6 Å². The number of nitrogens with one attached hydrogen (secondary N) is 1. The fraction of sp³-hybridized carbons (Fsp3) is 0.316. The van der Waals surface area contributed by atoms with Crippen LogP contribution in [0.2, 0.25) is 0 Å². The molecule has 0 aromatic heterocycles. The molecule has 0 saturated carbocycles. The van der Waals surface area contributed by atoms with Crippen molar-refractivity contribution in [2.45, 2.75) is 19.1 Å². The van der Waals surface area contributed by atoms with Gasteiger partial charge in [0.1, 0.15) is 11.4 Å². The predicted molar refractivity (Wildman–Crippen MR) is 95.2 cm³/mol. The van der Waals surface area contributed by atoms with Crippen LogP contribution in [0.1, 0.15) is 18.1 Å². The topological polar surface area (TPSA) is 47.9 Å². The maximum Gasteiger partial charge on any atom is 0.193 e. The van der Waals surface area contributed by atoms with E-state index in [2.05, 4.69) is 10.3 Å². The molecule has 5 heteroatoms. The molecular weight excluding hydrogens is 305 g/mol. The molecule has 4 nitrogen and oxygen atoms in total. The van der Waals surface area contributed by atoms with Crippen molar-refractivity contribution in [1.29, 1.82) is 0 Å². The molecular formula is C19H24FN3O. The molecule has 0 saturated heterocycles. The Morgan fingerprint density at radius 1 is 1.12 bits per heavy atom. The highest BCUT2D eigenvalue weighted by molar-refractivity contribution is 5.79. The van der Waals surface area contributed by atoms with E-state index in [4.69, 9.17) is 0 Å². The summed E-state index contributed by atoms with van der Waals surface area (Å²) in [6, 6.07) is 15.8. The van der Waals surface area contributed by atoms with E-state index in [1.807, 2.05) is 49.3 Å². The normalized spacial score (nSPS) is 14.1. The Kier molecular flexibility index (Phi) is 5.93. The molecule has 0 aliphatic carbocycles. The molecule has 0 aliphatic heterocycles. The lowest BCUT2D eigenvalue weighted by atomic mass is 9.96. The van der Waals surface area contributed by atoms with Gasteiger partial charge in [0.25, 0.3) is 0 Å². The first-order valence-corrected chi connectivity index (χ1v) is 7.86. The van der Waals surface area contributed by atoms with Gasteiger partial charge in [0.2, 0.25) is 0 Å². The number of nitrogens with zero attached hydrogens (tertiary/aromatic N) is 2. The van der Waals surface area contributed by atoms with Gasteiger partial charge in [0.15, 0.2) is 5.96 Å². The van der Waals surface area contributed by atoms with Crippen molar-refractivity contribution in [1.82, 2.24) is 10.2 Å². The fourth-order valence-corrected chi connectivity index (χ4v) is 2.27. The Hall–Kier alpha value is -2.40. The molecule has 1 atom stereocenters. The first-order chi connectivity index (χ1) is 11.4. The van der Waals surface area contributed by atoms with E-state index in [9.17, 15) is 9.50 Å². The maximum atomic E-state index is 13.0. The number of aliphatic hydroxyl groups is 1. The van der Waals surface area contributed by atoms with Gasteiger partial charge in [0.05, 0.1) is 13.1 Å². The third kappa shape index (κ3) is 5.06. The van der Waals surface area contributed by atoms with Crippen molar-refractivity contribution in [3.05, 3.63) is 71.5 Å². The average molecular weight is 329 g/mol. The summed E-state index contributed by atoms with van der Waals surface area (Å²) in [5, 5.41) is 13.8. The molecule has 0 spiro atoms. The van der Waals surface area contributed by atoms with Gasteiger partial charge in [-0.1, -0.05) is 42.5 Å². The summed E-state index contributed by atoms with van der Waals surface area (Å²) >= 11 is 0. The Balaban J connectivity index is 2.03. The van der Waals surface area contributed by atoms with Gasteiger partial charge in [0, 0.05) is 14.1 Å². The summed E-state index contributed by atoms with van der Waals surface area (Å²) in [5.41, 5.74) is 0.638. The summed E-state index contributed by atoms with van der Waals surface area (Å²) in [4.78, 5) is 6.43. The van der Waals surface area contributed by atoms with Gasteiger partial charge in [-0.25, -0.2) is 9.38 Å². The molecule has 1 unspecified atom stereocenters. The molecule has 2 aromatic carbocycles. The van der Waals surface area contributed by atoms with Crippen molar-refractivity contribution in [2.75, 3.05) is 20.6 Å². The monoisotopic (exact) mass is 329 g/mol. The van der Waals surface area contributed by atoms with Crippen LogP contribution in [0.4, 0.5) is 4.39 Å². The second kappa shape index (κ2) is 7.93. The number of halogens is 1. The minimum atomic E-state index is -1.13. The molecule has 2 aromatic rings. The zero-order valence-corrected chi connectivity index (χ0v) is 14.3. The summed E-state index contributed by atoms with van der Waals surface area (Å²) in [6.45, 7) is 2.52. The summed E-state index contributed by atoms with van der Waals surface area (Å²) in [5.74, 6) is 0.363. The van der Waals surface area contributed by atoms with E-state index in [-0.39, 0.29) is 12.4 Å². The Bertz CT molecular complexity index is 667. The Labute approximate surface area is 142 Å². The van der Waals surface area contributed by atoms with Crippen molar-refractivity contribution in [3.63, 3.8) is 0 Å². The van der Waals surface area contributed by atoms with Gasteiger partial charge in [-0.05, 0) is 30.2 Å². The van der Waals surface area contributed by atoms with Gasteiger partial charge in [-0.3, -0.25) is 0 Å². The SMILES string of the molecule is CN(C)C(=NCc1ccccc1)NCC(C)(O)c1ccc(F)cc1. The molecule has 2 N–H and O–H groups in total. The van der Waals surface area contributed by atoms with Crippen molar-refractivity contribution < 1.29 is 9.50 Å². The summed E-state index contributed by atoms with van der Waals surface area (Å²) < 4.78 is 13.0. The number of rotatable bonds is 5. The van der Waals surface area contributed by atoms with Crippen LogP contribution in [-0.2, 0) is 12.1 Å². The van der Waals surface area contributed by atoms with Crippen molar-refractivity contribution in [2.24, 2.45) is 4.99 Å². The molecule has 0 fully saturated rings. The quantitative estimate of drug-likeness (QED) is 0.655. The number of guanidine groups is 1. The number of benzene rings is 2. The predicted octanol–water partition coefficient (Wildman–Crippen LogP) is 2.74. The summed E-state index contributed by atoms with van der Waals surface area (Å²) in [7, 11) is 3.78. The van der Waals surface area contributed by atoms with Gasteiger partial charge in [-0.15, -0.1) is 0 Å². The standard InChI is InChI=1S/C19H24FN3O/c1-19(24,16-9-11-17(20)12-10-16)14-22-18(23(2)3)21-13-15-7-5-4-6-8-15/h4-12,24H,13-14H2,1-3H3,(H,21,22). The highest BCUT2D eigenvalue weighted by Gasteiger charge is 2.23. The minimum Gasteiger partial charge on any atom is -0.384 e. The third-order valence-electron chi connectivity index (χ3n) is 3.73. The largest absolute Gasteiger partial charge is 0.384 e. The molecule has 0 heterocycles. The van der Waals surface area contributed by atoms with Crippen LogP contribution in [0, 0.1) is 5.82 Å². The van der Waals surface area contributed by atoms with Crippen LogP contribution in [0.5, 0.6) is 0 Å². The van der Waals surface area contributed by atoms with Crippen LogP contribution >= 0.6 is 0 Å². The third-order valence-corrected chi connectivity index (χ3v) is 3.73. The molecule has 24 heavy (non-hydrogen) atoms.